The molecule has 1 N–H and O–H groups in total. The standard InChI is InChI=1S/C17H15N3O3/c1-22-14-6-4-12(5-7-14)15-9-13(19-11-20-15)10-18-17(21)16-3-2-8-23-16/h2-9,11H,10H2,1H3,(H,18,21). The SMILES string of the molecule is COc1ccc(-c2cc(CNC(=O)c3ccco3)ncn2)cc1. The van der Waals surface area contributed by atoms with Gasteiger partial charge in [-0.05, 0) is 42.5 Å². The van der Waals surface area contributed by atoms with E-state index < -0.39 is 0 Å². The van der Waals surface area contributed by atoms with Crippen molar-refractivity contribution in [3.63, 3.8) is 0 Å². The van der Waals surface area contributed by atoms with Gasteiger partial charge in [0.1, 0.15) is 12.1 Å². The van der Waals surface area contributed by atoms with Gasteiger partial charge in [0.15, 0.2) is 5.76 Å². The quantitative estimate of drug-likeness (QED) is 0.784. The first-order chi connectivity index (χ1) is 11.3. The fourth-order valence-electron chi connectivity index (χ4n) is 2.08. The van der Waals surface area contributed by atoms with Crippen molar-refractivity contribution in [1.82, 2.24) is 15.3 Å². The Bertz CT molecular complexity index is 783. The van der Waals surface area contributed by atoms with Crippen LogP contribution < -0.4 is 10.1 Å². The molecule has 1 aromatic carbocycles. The molecule has 0 aliphatic rings. The molecule has 0 saturated carbocycles. The van der Waals surface area contributed by atoms with E-state index in [1.54, 1.807) is 19.2 Å². The highest BCUT2D eigenvalue weighted by atomic mass is 16.5. The van der Waals surface area contributed by atoms with Gasteiger partial charge in [-0.1, -0.05) is 0 Å². The van der Waals surface area contributed by atoms with Crippen LogP contribution in [-0.4, -0.2) is 23.0 Å². The molecule has 0 radical (unpaired) electrons. The second kappa shape index (κ2) is 6.74. The number of hydrogen-bond donors (Lipinski definition) is 1. The van der Waals surface area contributed by atoms with Crippen LogP contribution in [0.25, 0.3) is 11.3 Å². The molecular weight excluding hydrogens is 294 g/mol. The van der Waals surface area contributed by atoms with Crippen LogP contribution in [0.4, 0.5) is 0 Å². The van der Waals surface area contributed by atoms with E-state index >= 15 is 0 Å². The normalized spacial score (nSPS) is 10.3. The number of aromatic nitrogens is 2. The lowest BCUT2D eigenvalue weighted by Gasteiger charge is -2.06. The van der Waals surface area contributed by atoms with Crippen LogP contribution in [0.1, 0.15) is 16.2 Å². The lowest BCUT2D eigenvalue weighted by atomic mass is 10.1. The lowest BCUT2D eigenvalue weighted by molar-refractivity contribution is 0.0922. The average Bonchev–Trinajstić information content (AvgIpc) is 3.15. The van der Waals surface area contributed by atoms with Gasteiger partial charge in [-0.2, -0.15) is 0 Å². The Morgan fingerprint density at radius 1 is 1.22 bits per heavy atom. The predicted octanol–water partition coefficient (Wildman–Crippen LogP) is 2.68. The molecule has 0 aliphatic heterocycles. The number of nitrogens with one attached hydrogen (secondary N) is 1. The van der Waals surface area contributed by atoms with Crippen LogP contribution in [0, 0.1) is 0 Å². The molecule has 0 bridgehead atoms. The van der Waals surface area contributed by atoms with Crippen molar-refractivity contribution in [3.8, 4) is 17.0 Å². The molecule has 2 aromatic heterocycles. The number of benzene rings is 1. The fourth-order valence-corrected chi connectivity index (χ4v) is 2.08. The lowest BCUT2D eigenvalue weighted by Crippen LogP contribution is -2.22. The number of nitrogens with zero attached hydrogens (tertiary/aromatic N) is 2. The third-order valence-electron chi connectivity index (χ3n) is 3.28. The molecule has 0 atom stereocenters. The second-order valence-corrected chi connectivity index (χ2v) is 4.78. The molecule has 1 amide bonds. The minimum absolute atomic E-state index is 0.273. The van der Waals surface area contributed by atoms with Crippen molar-refractivity contribution >= 4 is 5.91 Å². The van der Waals surface area contributed by atoms with Gasteiger partial charge in [0.05, 0.1) is 31.3 Å². The summed E-state index contributed by atoms with van der Waals surface area (Å²) in [6.45, 7) is 0.297. The van der Waals surface area contributed by atoms with Crippen molar-refractivity contribution in [3.05, 3.63) is 66.5 Å². The summed E-state index contributed by atoms with van der Waals surface area (Å²) in [5.41, 5.74) is 2.45. The minimum Gasteiger partial charge on any atom is -0.497 e. The van der Waals surface area contributed by atoms with E-state index in [0.29, 0.717) is 12.2 Å². The van der Waals surface area contributed by atoms with Gasteiger partial charge in [0, 0.05) is 5.56 Å². The van der Waals surface area contributed by atoms with Crippen molar-refractivity contribution in [2.24, 2.45) is 0 Å². The Hall–Kier alpha value is -3.15. The van der Waals surface area contributed by atoms with Crippen LogP contribution >= 0.6 is 0 Å². The Morgan fingerprint density at radius 2 is 2.04 bits per heavy atom. The molecule has 3 aromatic rings. The highest BCUT2D eigenvalue weighted by Crippen LogP contribution is 2.20. The summed E-state index contributed by atoms with van der Waals surface area (Å²) in [5, 5.41) is 2.76. The van der Waals surface area contributed by atoms with Crippen LogP contribution in [0.3, 0.4) is 0 Å². The van der Waals surface area contributed by atoms with Gasteiger partial charge < -0.3 is 14.5 Å². The van der Waals surface area contributed by atoms with E-state index in [0.717, 1.165) is 17.0 Å². The summed E-state index contributed by atoms with van der Waals surface area (Å²) in [4.78, 5) is 20.3. The fraction of sp³-hybridized carbons (Fsp3) is 0.118. The van der Waals surface area contributed by atoms with Crippen LogP contribution in [0.15, 0.2) is 59.5 Å². The zero-order valence-corrected chi connectivity index (χ0v) is 12.5. The van der Waals surface area contributed by atoms with Gasteiger partial charge in [-0.15, -0.1) is 0 Å². The molecule has 0 unspecified atom stereocenters. The Morgan fingerprint density at radius 3 is 2.74 bits per heavy atom. The van der Waals surface area contributed by atoms with E-state index in [-0.39, 0.29) is 11.7 Å². The topological polar surface area (TPSA) is 77.2 Å². The number of methoxy groups -OCH3 is 1. The molecular formula is C17H15N3O3. The largest absolute Gasteiger partial charge is 0.497 e. The molecule has 23 heavy (non-hydrogen) atoms. The molecule has 6 heteroatoms. The van der Waals surface area contributed by atoms with E-state index in [2.05, 4.69) is 15.3 Å². The van der Waals surface area contributed by atoms with E-state index in [1.807, 2.05) is 30.3 Å². The second-order valence-electron chi connectivity index (χ2n) is 4.78. The summed E-state index contributed by atoms with van der Waals surface area (Å²) in [5.74, 6) is 0.780. The minimum atomic E-state index is -0.278. The summed E-state index contributed by atoms with van der Waals surface area (Å²) < 4.78 is 10.2. The van der Waals surface area contributed by atoms with Crippen molar-refractivity contribution in [2.75, 3.05) is 7.11 Å². The van der Waals surface area contributed by atoms with Crippen LogP contribution in [0.2, 0.25) is 0 Å². The molecule has 116 valence electrons. The van der Waals surface area contributed by atoms with Gasteiger partial charge in [0.25, 0.3) is 5.91 Å². The number of carbonyl (C=O) groups is 1. The molecule has 0 aliphatic carbocycles. The number of furan rings is 1. The van der Waals surface area contributed by atoms with Crippen molar-refractivity contribution in [2.45, 2.75) is 6.54 Å². The Labute approximate surface area is 133 Å². The number of amides is 1. The summed E-state index contributed by atoms with van der Waals surface area (Å²) in [7, 11) is 1.62. The zero-order valence-electron chi connectivity index (χ0n) is 12.5. The van der Waals surface area contributed by atoms with Gasteiger partial charge in [-0.3, -0.25) is 4.79 Å². The first-order valence-corrected chi connectivity index (χ1v) is 7.03. The maximum atomic E-state index is 11.8. The number of hydrogen-bond acceptors (Lipinski definition) is 5. The first-order valence-electron chi connectivity index (χ1n) is 7.03. The van der Waals surface area contributed by atoms with Crippen LogP contribution in [0.5, 0.6) is 5.75 Å². The zero-order chi connectivity index (χ0) is 16.1. The third-order valence-corrected chi connectivity index (χ3v) is 3.28. The number of carbonyl (C=O) groups excluding carboxylic acids is 1. The van der Waals surface area contributed by atoms with E-state index in [9.17, 15) is 4.79 Å². The molecule has 0 fully saturated rings. The maximum absolute atomic E-state index is 11.8. The monoisotopic (exact) mass is 309 g/mol. The van der Waals surface area contributed by atoms with Crippen molar-refractivity contribution in [1.29, 1.82) is 0 Å². The molecule has 3 rings (SSSR count). The third kappa shape index (κ3) is 3.55. The first kappa shape index (κ1) is 14.8. The number of ether oxygens (including phenoxy) is 1. The average molecular weight is 309 g/mol. The van der Waals surface area contributed by atoms with Gasteiger partial charge in [0.2, 0.25) is 0 Å². The highest BCUT2D eigenvalue weighted by Gasteiger charge is 2.09. The number of rotatable bonds is 5. The molecule has 6 nitrogen and oxygen atoms in total. The summed E-state index contributed by atoms with van der Waals surface area (Å²) in [6, 6.07) is 12.7. The smallest absolute Gasteiger partial charge is 0.287 e. The van der Waals surface area contributed by atoms with Gasteiger partial charge in [-0.25, -0.2) is 9.97 Å². The summed E-state index contributed by atoms with van der Waals surface area (Å²) in [6.07, 6.45) is 2.94. The van der Waals surface area contributed by atoms with E-state index in [4.69, 9.17) is 9.15 Å². The van der Waals surface area contributed by atoms with Crippen LogP contribution in [-0.2, 0) is 6.54 Å². The molecule has 0 saturated heterocycles. The van der Waals surface area contributed by atoms with E-state index in [1.165, 1.54) is 12.6 Å². The summed E-state index contributed by atoms with van der Waals surface area (Å²) >= 11 is 0. The Kier molecular flexibility index (Phi) is 4.33. The van der Waals surface area contributed by atoms with Crippen molar-refractivity contribution < 1.29 is 13.9 Å². The highest BCUT2D eigenvalue weighted by molar-refractivity contribution is 5.91. The molecule has 0 spiro atoms. The molecule has 2 heterocycles. The predicted molar refractivity (Wildman–Crippen MR) is 83.9 cm³/mol. The van der Waals surface area contributed by atoms with Gasteiger partial charge >= 0.3 is 0 Å². The Balaban J connectivity index is 1.70. The maximum Gasteiger partial charge on any atom is 0.287 e.